The van der Waals surface area contributed by atoms with E-state index in [0.29, 0.717) is 12.8 Å². The van der Waals surface area contributed by atoms with Crippen LogP contribution in [-0.4, -0.2) is 35.4 Å². The zero-order valence-electron chi connectivity index (χ0n) is 12.5. The molecule has 0 bridgehead atoms. The summed E-state index contributed by atoms with van der Waals surface area (Å²) < 4.78 is 5.11. The first-order chi connectivity index (χ1) is 9.91. The Morgan fingerprint density at radius 3 is 2.71 bits per heavy atom. The molecule has 6 heteroatoms. The maximum Gasteiger partial charge on any atom is 0.329 e. The van der Waals surface area contributed by atoms with Crippen LogP contribution in [0.3, 0.4) is 0 Å². The van der Waals surface area contributed by atoms with Crippen LogP contribution in [0.1, 0.15) is 26.7 Å². The fraction of sp³-hybridized carbons (Fsp3) is 0.467. The van der Waals surface area contributed by atoms with Gasteiger partial charge in [0.2, 0.25) is 5.91 Å². The molecule has 0 aromatic heterocycles. The van der Waals surface area contributed by atoms with Crippen molar-refractivity contribution in [1.82, 2.24) is 5.32 Å². The quantitative estimate of drug-likeness (QED) is 0.722. The number of rotatable bonds is 8. The molecule has 0 fully saturated rings. The second kappa shape index (κ2) is 7.93. The van der Waals surface area contributed by atoms with Gasteiger partial charge in [0.25, 0.3) is 0 Å². The summed E-state index contributed by atoms with van der Waals surface area (Å²) in [7, 11) is 1.58. The van der Waals surface area contributed by atoms with Crippen molar-refractivity contribution in [3.8, 4) is 5.75 Å². The Morgan fingerprint density at radius 1 is 1.43 bits per heavy atom. The van der Waals surface area contributed by atoms with Gasteiger partial charge in [0.15, 0.2) is 0 Å². The van der Waals surface area contributed by atoms with Crippen molar-refractivity contribution >= 4 is 23.6 Å². The molecule has 1 aromatic rings. The number of hydrogen-bond acceptors (Lipinski definition) is 4. The molecule has 21 heavy (non-hydrogen) atoms. The molecule has 0 heterocycles. The van der Waals surface area contributed by atoms with Gasteiger partial charge in [0.1, 0.15) is 11.3 Å². The van der Waals surface area contributed by atoms with Crippen molar-refractivity contribution in [2.45, 2.75) is 37.1 Å². The molecule has 1 aromatic carbocycles. The largest absolute Gasteiger partial charge is 0.497 e. The third-order valence-corrected chi connectivity index (χ3v) is 4.04. The van der Waals surface area contributed by atoms with Crippen LogP contribution < -0.4 is 10.1 Å². The highest BCUT2D eigenvalue weighted by Gasteiger charge is 2.33. The van der Waals surface area contributed by atoms with Gasteiger partial charge in [-0.3, -0.25) is 4.79 Å². The van der Waals surface area contributed by atoms with Crippen LogP contribution in [0.25, 0.3) is 0 Å². The first-order valence-electron chi connectivity index (χ1n) is 6.72. The van der Waals surface area contributed by atoms with Gasteiger partial charge in [-0.1, -0.05) is 19.4 Å². The van der Waals surface area contributed by atoms with E-state index in [9.17, 15) is 14.7 Å². The summed E-state index contributed by atoms with van der Waals surface area (Å²) in [5, 5.41) is 11.8. The van der Waals surface area contributed by atoms with Gasteiger partial charge in [0, 0.05) is 4.90 Å². The topological polar surface area (TPSA) is 75.6 Å². The number of carbonyl (C=O) groups is 2. The van der Waals surface area contributed by atoms with Crippen molar-refractivity contribution in [2.75, 3.05) is 12.9 Å². The second-order valence-electron chi connectivity index (χ2n) is 4.90. The standard InChI is InChI=1S/C15H21NO4S/c1-4-8-15(2,14(18)19)16-13(17)10-21-12-7-5-6-11(9-12)20-3/h5-7,9H,4,8,10H2,1-3H3,(H,16,17)(H,18,19). The number of thioether (sulfide) groups is 1. The molecule has 0 aliphatic rings. The van der Waals surface area contributed by atoms with Gasteiger partial charge in [-0.25, -0.2) is 4.79 Å². The Balaban J connectivity index is 2.58. The second-order valence-corrected chi connectivity index (χ2v) is 5.95. The van der Waals surface area contributed by atoms with Crippen LogP contribution >= 0.6 is 11.8 Å². The van der Waals surface area contributed by atoms with Crippen molar-refractivity contribution < 1.29 is 19.4 Å². The average molecular weight is 311 g/mol. The fourth-order valence-electron chi connectivity index (χ4n) is 1.91. The van der Waals surface area contributed by atoms with E-state index in [-0.39, 0.29) is 11.7 Å². The molecule has 1 amide bonds. The number of aliphatic carboxylic acids is 1. The molecule has 0 saturated heterocycles. The van der Waals surface area contributed by atoms with Gasteiger partial charge in [0.05, 0.1) is 12.9 Å². The van der Waals surface area contributed by atoms with Gasteiger partial charge in [-0.15, -0.1) is 11.8 Å². The van der Waals surface area contributed by atoms with E-state index in [2.05, 4.69) is 5.32 Å². The summed E-state index contributed by atoms with van der Waals surface area (Å²) in [5.74, 6) is -0.410. The lowest BCUT2D eigenvalue weighted by Gasteiger charge is -2.25. The van der Waals surface area contributed by atoms with Crippen LogP contribution in [0.15, 0.2) is 29.2 Å². The molecule has 0 aliphatic carbocycles. The predicted molar refractivity (Wildman–Crippen MR) is 82.8 cm³/mol. The van der Waals surface area contributed by atoms with E-state index >= 15 is 0 Å². The number of amides is 1. The molecule has 1 unspecified atom stereocenters. The monoisotopic (exact) mass is 311 g/mol. The number of hydrogen-bond donors (Lipinski definition) is 2. The highest BCUT2D eigenvalue weighted by atomic mass is 32.2. The molecule has 116 valence electrons. The minimum absolute atomic E-state index is 0.166. The Kier molecular flexibility index (Phi) is 6.55. The van der Waals surface area contributed by atoms with Crippen molar-refractivity contribution in [2.24, 2.45) is 0 Å². The Labute approximate surface area is 129 Å². The van der Waals surface area contributed by atoms with E-state index in [1.807, 2.05) is 31.2 Å². The van der Waals surface area contributed by atoms with Gasteiger partial charge >= 0.3 is 5.97 Å². The minimum atomic E-state index is -1.21. The number of methoxy groups -OCH3 is 1. The van der Waals surface area contributed by atoms with Crippen molar-refractivity contribution in [1.29, 1.82) is 0 Å². The number of ether oxygens (including phenoxy) is 1. The number of nitrogens with one attached hydrogen (secondary N) is 1. The van der Waals surface area contributed by atoms with Gasteiger partial charge in [-0.05, 0) is 31.5 Å². The van der Waals surface area contributed by atoms with Crippen LogP contribution in [0.5, 0.6) is 5.75 Å². The van der Waals surface area contributed by atoms with E-state index in [0.717, 1.165) is 10.6 Å². The van der Waals surface area contributed by atoms with E-state index in [1.54, 1.807) is 7.11 Å². The normalized spacial score (nSPS) is 13.3. The molecule has 0 aliphatic heterocycles. The molecule has 1 rings (SSSR count). The van der Waals surface area contributed by atoms with Crippen LogP contribution in [0, 0.1) is 0 Å². The molecular formula is C15H21NO4S. The molecule has 0 saturated carbocycles. The summed E-state index contributed by atoms with van der Waals surface area (Å²) in [6.07, 6.45) is 1.09. The summed E-state index contributed by atoms with van der Waals surface area (Å²) >= 11 is 1.34. The number of benzene rings is 1. The number of carboxylic acid groups (broad SMARTS) is 1. The zero-order chi connectivity index (χ0) is 15.9. The first-order valence-corrected chi connectivity index (χ1v) is 7.71. The molecule has 5 nitrogen and oxygen atoms in total. The van der Waals surface area contributed by atoms with Crippen LogP contribution in [-0.2, 0) is 9.59 Å². The highest BCUT2D eigenvalue weighted by molar-refractivity contribution is 8.00. The predicted octanol–water partition coefficient (Wildman–Crippen LogP) is 2.55. The summed E-state index contributed by atoms with van der Waals surface area (Å²) in [5.41, 5.74) is -1.21. The molecular weight excluding hydrogens is 290 g/mol. The number of carboxylic acids is 1. The van der Waals surface area contributed by atoms with Gasteiger partial charge < -0.3 is 15.2 Å². The molecule has 0 spiro atoms. The minimum Gasteiger partial charge on any atom is -0.497 e. The SMILES string of the molecule is CCCC(C)(NC(=O)CSc1cccc(OC)c1)C(=O)O. The molecule has 2 N–H and O–H groups in total. The van der Waals surface area contributed by atoms with Crippen LogP contribution in [0.4, 0.5) is 0 Å². The maximum absolute atomic E-state index is 11.9. The van der Waals surface area contributed by atoms with E-state index < -0.39 is 11.5 Å². The Bertz CT molecular complexity index is 506. The highest BCUT2D eigenvalue weighted by Crippen LogP contribution is 2.23. The summed E-state index contributed by atoms with van der Waals surface area (Å²) in [6.45, 7) is 3.42. The van der Waals surface area contributed by atoms with Gasteiger partial charge in [-0.2, -0.15) is 0 Å². The summed E-state index contributed by atoms with van der Waals surface area (Å²) in [4.78, 5) is 24.1. The van der Waals surface area contributed by atoms with Crippen molar-refractivity contribution in [3.63, 3.8) is 0 Å². The lowest BCUT2D eigenvalue weighted by molar-refractivity contribution is -0.146. The third-order valence-electron chi connectivity index (χ3n) is 3.05. The molecule has 0 radical (unpaired) electrons. The zero-order valence-corrected chi connectivity index (χ0v) is 13.3. The van der Waals surface area contributed by atoms with E-state index in [1.165, 1.54) is 18.7 Å². The van der Waals surface area contributed by atoms with E-state index in [4.69, 9.17) is 4.74 Å². The average Bonchev–Trinajstić information content (AvgIpc) is 2.45. The summed E-state index contributed by atoms with van der Waals surface area (Å²) in [6, 6.07) is 7.38. The van der Waals surface area contributed by atoms with Crippen LogP contribution in [0.2, 0.25) is 0 Å². The Hall–Kier alpha value is -1.69. The smallest absolute Gasteiger partial charge is 0.329 e. The third kappa shape index (κ3) is 5.30. The lowest BCUT2D eigenvalue weighted by Crippen LogP contribution is -2.52. The number of carbonyl (C=O) groups excluding carboxylic acids is 1. The molecule has 1 atom stereocenters. The van der Waals surface area contributed by atoms with Crippen molar-refractivity contribution in [3.05, 3.63) is 24.3 Å². The maximum atomic E-state index is 11.9. The Morgan fingerprint density at radius 2 is 2.14 bits per heavy atom. The first kappa shape index (κ1) is 17.4. The lowest BCUT2D eigenvalue weighted by atomic mass is 9.96. The fourth-order valence-corrected chi connectivity index (χ4v) is 2.65.